The van der Waals surface area contributed by atoms with Crippen LogP contribution in [0.4, 0.5) is 0 Å². The molecular formula is C16H34O5. The van der Waals surface area contributed by atoms with Gasteiger partial charge in [0.25, 0.3) is 0 Å². The van der Waals surface area contributed by atoms with E-state index in [0.717, 1.165) is 25.7 Å². The summed E-state index contributed by atoms with van der Waals surface area (Å²) in [5.74, 6) is 0.00596. The van der Waals surface area contributed by atoms with Gasteiger partial charge >= 0.3 is 0 Å². The lowest BCUT2D eigenvalue weighted by Crippen LogP contribution is -2.39. The molecule has 1 unspecified atom stereocenters. The van der Waals surface area contributed by atoms with Crippen molar-refractivity contribution < 1.29 is 25.5 Å². The highest BCUT2D eigenvalue weighted by molar-refractivity contribution is 4.86. The molecule has 0 radical (unpaired) electrons. The summed E-state index contributed by atoms with van der Waals surface area (Å²) < 4.78 is 0. The van der Waals surface area contributed by atoms with Crippen molar-refractivity contribution in [1.29, 1.82) is 0 Å². The zero-order valence-corrected chi connectivity index (χ0v) is 13.2. The number of hydrogen-bond donors (Lipinski definition) is 5. The van der Waals surface area contributed by atoms with Crippen LogP contribution in [0, 0.1) is 5.92 Å². The van der Waals surface area contributed by atoms with Crippen molar-refractivity contribution in [3.63, 3.8) is 0 Å². The van der Waals surface area contributed by atoms with Gasteiger partial charge < -0.3 is 25.5 Å². The van der Waals surface area contributed by atoms with Gasteiger partial charge in [0.05, 0.1) is 5.60 Å². The Morgan fingerprint density at radius 3 is 1.48 bits per heavy atom. The smallest absolute Gasteiger partial charge is 0.0676 e. The first kappa shape index (κ1) is 20.8. The summed E-state index contributed by atoms with van der Waals surface area (Å²) in [7, 11) is 0. The van der Waals surface area contributed by atoms with E-state index in [4.69, 9.17) is 15.3 Å². The Morgan fingerprint density at radius 2 is 1.05 bits per heavy atom. The highest BCUT2D eigenvalue weighted by Gasteiger charge is 2.34. The van der Waals surface area contributed by atoms with Gasteiger partial charge in [-0.3, -0.25) is 0 Å². The highest BCUT2D eigenvalue weighted by Crippen LogP contribution is 2.35. The quantitative estimate of drug-likeness (QED) is 0.293. The molecule has 0 aromatic heterocycles. The lowest BCUT2D eigenvalue weighted by atomic mass is 9.75. The Morgan fingerprint density at radius 1 is 0.571 bits per heavy atom. The van der Waals surface area contributed by atoms with Gasteiger partial charge in [-0.1, -0.05) is 6.42 Å². The molecule has 0 aliphatic heterocycles. The minimum atomic E-state index is -0.845. The third-order valence-corrected chi connectivity index (χ3v) is 4.23. The SMILES string of the molecule is OCCCCC(CCO)C(O)(CCCCO)CCCCO. The molecule has 0 heterocycles. The molecule has 5 N–H and O–H groups in total. The Labute approximate surface area is 128 Å². The fourth-order valence-electron chi connectivity index (χ4n) is 2.96. The van der Waals surface area contributed by atoms with E-state index < -0.39 is 5.60 Å². The number of rotatable bonds is 15. The van der Waals surface area contributed by atoms with Crippen molar-refractivity contribution in [3.05, 3.63) is 0 Å². The third kappa shape index (κ3) is 9.42. The zero-order chi connectivity index (χ0) is 16.0. The molecule has 0 rings (SSSR count). The van der Waals surface area contributed by atoms with Gasteiger partial charge in [0, 0.05) is 26.4 Å². The minimum absolute atomic E-state index is 0.00596. The van der Waals surface area contributed by atoms with Crippen LogP contribution in [0.25, 0.3) is 0 Å². The first-order valence-electron chi connectivity index (χ1n) is 8.30. The summed E-state index contributed by atoms with van der Waals surface area (Å²) in [6.45, 7) is 0.454. The first-order chi connectivity index (χ1) is 10.1. The van der Waals surface area contributed by atoms with E-state index in [1.54, 1.807) is 0 Å². The summed E-state index contributed by atoms with van der Waals surface area (Å²) in [5.41, 5.74) is -0.845. The minimum Gasteiger partial charge on any atom is -0.396 e. The molecule has 0 saturated heterocycles. The Hall–Kier alpha value is -0.200. The number of aliphatic hydroxyl groups is 5. The molecule has 0 saturated carbocycles. The maximum Gasteiger partial charge on any atom is 0.0676 e. The lowest BCUT2D eigenvalue weighted by Gasteiger charge is -2.37. The summed E-state index contributed by atoms with van der Waals surface area (Å²) in [6.07, 6.45) is 6.98. The van der Waals surface area contributed by atoms with E-state index in [0.29, 0.717) is 38.5 Å². The maximum absolute atomic E-state index is 11.0. The van der Waals surface area contributed by atoms with E-state index in [-0.39, 0.29) is 32.3 Å². The molecule has 5 heteroatoms. The fraction of sp³-hybridized carbons (Fsp3) is 1.00. The molecule has 0 aromatic carbocycles. The fourth-order valence-corrected chi connectivity index (χ4v) is 2.96. The van der Waals surface area contributed by atoms with Gasteiger partial charge in [0.15, 0.2) is 0 Å². The second kappa shape index (κ2) is 13.5. The summed E-state index contributed by atoms with van der Waals surface area (Å²) in [4.78, 5) is 0. The number of unbranched alkanes of at least 4 members (excludes halogenated alkanes) is 3. The van der Waals surface area contributed by atoms with Gasteiger partial charge in [-0.15, -0.1) is 0 Å². The third-order valence-electron chi connectivity index (χ3n) is 4.23. The average Bonchev–Trinajstić information content (AvgIpc) is 2.47. The van der Waals surface area contributed by atoms with E-state index in [9.17, 15) is 10.2 Å². The average molecular weight is 306 g/mol. The zero-order valence-electron chi connectivity index (χ0n) is 13.2. The first-order valence-corrected chi connectivity index (χ1v) is 8.30. The molecule has 0 spiro atoms. The molecule has 5 nitrogen and oxygen atoms in total. The molecule has 128 valence electrons. The van der Waals surface area contributed by atoms with Gasteiger partial charge in [0.2, 0.25) is 0 Å². The van der Waals surface area contributed by atoms with Gasteiger partial charge in [0.1, 0.15) is 0 Å². The molecular weight excluding hydrogens is 272 g/mol. The molecule has 1 atom stereocenters. The Bertz CT molecular complexity index is 213. The summed E-state index contributed by atoms with van der Waals surface area (Å²) in [5, 5.41) is 47.0. The lowest BCUT2D eigenvalue weighted by molar-refractivity contribution is -0.0504. The van der Waals surface area contributed by atoms with Gasteiger partial charge in [-0.25, -0.2) is 0 Å². The van der Waals surface area contributed by atoms with Crippen molar-refractivity contribution in [2.24, 2.45) is 5.92 Å². The molecule has 0 aliphatic rings. The van der Waals surface area contributed by atoms with E-state index in [1.807, 2.05) is 0 Å². The predicted molar refractivity (Wildman–Crippen MR) is 83.0 cm³/mol. The van der Waals surface area contributed by atoms with Crippen molar-refractivity contribution >= 4 is 0 Å². The normalized spacial score (nSPS) is 13.6. The van der Waals surface area contributed by atoms with Crippen molar-refractivity contribution in [2.75, 3.05) is 26.4 Å². The molecule has 21 heavy (non-hydrogen) atoms. The van der Waals surface area contributed by atoms with E-state index in [2.05, 4.69) is 0 Å². The summed E-state index contributed by atoms with van der Waals surface area (Å²) in [6, 6.07) is 0. The standard InChI is InChI=1S/C16H34O5/c17-11-4-1-7-15(8-14-20)16(21,9-2-5-12-18)10-3-6-13-19/h15,17-21H,1-14H2. The van der Waals surface area contributed by atoms with Crippen molar-refractivity contribution in [2.45, 2.75) is 69.8 Å². The van der Waals surface area contributed by atoms with Crippen LogP contribution in [0.15, 0.2) is 0 Å². The van der Waals surface area contributed by atoms with Gasteiger partial charge in [-0.05, 0) is 63.7 Å². The topological polar surface area (TPSA) is 101 Å². The summed E-state index contributed by atoms with van der Waals surface area (Å²) >= 11 is 0. The molecule has 0 fully saturated rings. The van der Waals surface area contributed by atoms with Crippen LogP contribution in [-0.4, -0.2) is 57.6 Å². The van der Waals surface area contributed by atoms with E-state index >= 15 is 0 Å². The highest BCUT2D eigenvalue weighted by atomic mass is 16.3. The van der Waals surface area contributed by atoms with Crippen LogP contribution < -0.4 is 0 Å². The van der Waals surface area contributed by atoms with Crippen LogP contribution in [-0.2, 0) is 0 Å². The number of aliphatic hydroxyl groups excluding tert-OH is 4. The second-order valence-corrected chi connectivity index (χ2v) is 5.89. The molecule has 0 amide bonds. The Kier molecular flexibility index (Phi) is 13.3. The molecule has 0 bridgehead atoms. The second-order valence-electron chi connectivity index (χ2n) is 5.89. The number of hydrogen-bond acceptors (Lipinski definition) is 5. The monoisotopic (exact) mass is 306 g/mol. The van der Waals surface area contributed by atoms with Crippen molar-refractivity contribution in [1.82, 2.24) is 0 Å². The van der Waals surface area contributed by atoms with Crippen LogP contribution >= 0.6 is 0 Å². The van der Waals surface area contributed by atoms with Crippen LogP contribution in [0.2, 0.25) is 0 Å². The largest absolute Gasteiger partial charge is 0.396 e. The maximum atomic E-state index is 11.0. The van der Waals surface area contributed by atoms with E-state index in [1.165, 1.54) is 0 Å². The Balaban J connectivity index is 4.62. The van der Waals surface area contributed by atoms with Crippen LogP contribution in [0.5, 0.6) is 0 Å². The molecule has 0 aliphatic carbocycles. The van der Waals surface area contributed by atoms with Crippen LogP contribution in [0.1, 0.15) is 64.2 Å². The van der Waals surface area contributed by atoms with Crippen LogP contribution in [0.3, 0.4) is 0 Å². The predicted octanol–water partition coefficient (Wildman–Crippen LogP) is 1.20. The molecule has 0 aromatic rings. The van der Waals surface area contributed by atoms with Crippen molar-refractivity contribution in [3.8, 4) is 0 Å². The van der Waals surface area contributed by atoms with Gasteiger partial charge in [-0.2, -0.15) is 0 Å².